The summed E-state index contributed by atoms with van der Waals surface area (Å²) >= 11 is 5.16. The summed E-state index contributed by atoms with van der Waals surface area (Å²) in [5, 5.41) is 11.5. The van der Waals surface area contributed by atoms with Crippen LogP contribution in [0.25, 0.3) is 0 Å². The summed E-state index contributed by atoms with van der Waals surface area (Å²) in [6, 6.07) is 2.33. The Morgan fingerprint density at radius 1 is 1.71 bits per heavy atom. The van der Waals surface area contributed by atoms with E-state index in [-0.39, 0.29) is 18.7 Å². The monoisotopic (exact) mass is 320 g/mol. The highest BCUT2D eigenvalue weighted by Crippen LogP contribution is 2.30. The standard InChI is InChI=1S/C11H17BrN2O2S/c12-8-3-11(17-7-8)10(4-13)14-1-2-16-6-9(14)5-15/h3,7,9-10,15H,1-2,4-6,13H2. The van der Waals surface area contributed by atoms with Crippen LogP contribution in [0.2, 0.25) is 0 Å². The Labute approximate surface area is 113 Å². The van der Waals surface area contributed by atoms with Crippen molar-refractivity contribution in [3.05, 3.63) is 20.8 Å². The summed E-state index contributed by atoms with van der Waals surface area (Å²) in [5.74, 6) is 0. The van der Waals surface area contributed by atoms with Gasteiger partial charge in [-0.05, 0) is 22.0 Å². The second kappa shape index (κ2) is 6.26. The normalized spacial score (nSPS) is 23.8. The van der Waals surface area contributed by atoms with Crippen molar-refractivity contribution in [1.82, 2.24) is 4.90 Å². The maximum atomic E-state index is 9.39. The highest BCUT2D eigenvalue weighted by Gasteiger charge is 2.29. The molecule has 2 unspecified atom stereocenters. The number of rotatable bonds is 4. The molecule has 0 aromatic carbocycles. The molecule has 1 aromatic heterocycles. The average molecular weight is 321 g/mol. The predicted molar refractivity (Wildman–Crippen MR) is 72.2 cm³/mol. The Morgan fingerprint density at radius 3 is 3.12 bits per heavy atom. The third kappa shape index (κ3) is 3.07. The van der Waals surface area contributed by atoms with Crippen LogP contribution in [0.3, 0.4) is 0 Å². The van der Waals surface area contributed by atoms with Crippen LogP contribution < -0.4 is 5.73 Å². The molecule has 3 N–H and O–H groups in total. The number of nitrogens with two attached hydrogens (primary N) is 1. The van der Waals surface area contributed by atoms with Gasteiger partial charge in [0, 0.05) is 27.8 Å². The van der Waals surface area contributed by atoms with E-state index in [0.717, 1.165) is 11.0 Å². The summed E-state index contributed by atoms with van der Waals surface area (Å²) in [5.41, 5.74) is 5.89. The van der Waals surface area contributed by atoms with Crippen molar-refractivity contribution in [2.24, 2.45) is 5.73 Å². The summed E-state index contributed by atoms with van der Waals surface area (Å²) in [4.78, 5) is 3.49. The zero-order valence-corrected chi connectivity index (χ0v) is 11.9. The topological polar surface area (TPSA) is 58.7 Å². The number of hydrogen-bond donors (Lipinski definition) is 2. The van der Waals surface area contributed by atoms with E-state index in [1.807, 2.05) is 0 Å². The van der Waals surface area contributed by atoms with Crippen molar-refractivity contribution in [2.75, 3.05) is 32.9 Å². The summed E-state index contributed by atoms with van der Waals surface area (Å²) in [7, 11) is 0. The molecule has 0 amide bonds. The Kier molecular flexibility index (Phi) is 4.96. The molecular formula is C11H17BrN2O2S. The maximum absolute atomic E-state index is 9.39. The molecule has 96 valence electrons. The number of hydrogen-bond acceptors (Lipinski definition) is 5. The molecule has 0 radical (unpaired) electrons. The first-order valence-corrected chi connectivity index (χ1v) is 7.32. The van der Waals surface area contributed by atoms with Crippen LogP contribution in [0, 0.1) is 0 Å². The first kappa shape index (κ1) is 13.5. The molecule has 1 aromatic rings. The summed E-state index contributed by atoms with van der Waals surface area (Å²) in [6.45, 7) is 2.79. The van der Waals surface area contributed by atoms with E-state index in [4.69, 9.17) is 10.5 Å². The Balaban J connectivity index is 2.16. The maximum Gasteiger partial charge on any atom is 0.0645 e. The van der Waals surface area contributed by atoms with E-state index < -0.39 is 0 Å². The Hall–Kier alpha value is 0.0200. The number of halogens is 1. The summed E-state index contributed by atoms with van der Waals surface area (Å²) in [6.07, 6.45) is 0. The molecule has 2 rings (SSSR count). The van der Waals surface area contributed by atoms with Crippen LogP contribution in [-0.4, -0.2) is 49.0 Å². The van der Waals surface area contributed by atoms with Gasteiger partial charge in [0.1, 0.15) is 0 Å². The largest absolute Gasteiger partial charge is 0.395 e. The fourth-order valence-electron chi connectivity index (χ4n) is 2.15. The summed E-state index contributed by atoms with van der Waals surface area (Å²) < 4.78 is 6.48. The number of ether oxygens (including phenoxy) is 1. The van der Waals surface area contributed by atoms with Gasteiger partial charge in [-0.2, -0.15) is 0 Å². The molecule has 2 heterocycles. The minimum atomic E-state index is 0.0539. The molecular weight excluding hydrogens is 304 g/mol. The van der Waals surface area contributed by atoms with Gasteiger partial charge >= 0.3 is 0 Å². The second-order valence-electron chi connectivity index (χ2n) is 4.07. The third-order valence-corrected chi connectivity index (χ3v) is 4.82. The lowest BCUT2D eigenvalue weighted by molar-refractivity contribution is -0.0457. The van der Waals surface area contributed by atoms with Crippen molar-refractivity contribution >= 4 is 27.3 Å². The number of aliphatic hydroxyl groups excluding tert-OH is 1. The third-order valence-electron chi connectivity index (χ3n) is 3.02. The van der Waals surface area contributed by atoms with Crippen LogP contribution in [-0.2, 0) is 4.74 Å². The molecule has 4 nitrogen and oxygen atoms in total. The van der Waals surface area contributed by atoms with Crippen molar-refractivity contribution in [2.45, 2.75) is 12.1 Å². The van der Waals surface area contributed by atoms with Crippen LogP contribution in [0.4, 0.5) is 0 Å². The molecule has 0 aliphatic carbocycles. The average Bonchev–Trinajstić information content (AvgIpc) is 2.77. The first-order chi connectivity index (χ1) is 8.26. The first-order valence-electron chi connectivity index (χ1n) is 5.64. The van der Waals surface area contributed by atoms with Crippen LogP contribution >= 0.6 is 27.3 Å². The molecule has 0 bridgehead atoms. The van der Waals surface area contributed by atoms with Crippen molar-refractivity contribution in [3.8, 4) is 0 Å². The van der Waals surface area contributed by atoms with Gasteiger partial charge in [-0.25, -0.2) is 0 Å². The van der Waals surface area contributed by atoms with Crippen LogP contribution in [0.5, 0.6) is 0 Å². The molecule has 1 saturated heterocycles. The lowest BCUT2D eigenvalue weighted by Crippen LogP contribution is -2.50. The van der Waals surface area contributed by atoms with Crippen molar-refractivity contribution < 1.29 is 9.84 Å². The fourth-order valence-corrected chi connectivity index (χ4v) is 3.73. The van der Waals surface area contributed by atoms with Crippen LogP contribution in [0.15, 0.2) is 15.9 Å². The minimum absolute atomic E-state index is 0.0539. The molecule has 1 aliphatic heterocycles. The van der Waals surface area contributed by atoms with Gasteiger partial charge in [0.15, 0.2) is 0 Å². The molecule has 17 heavy (non-hydrogen) atoms. The van der Waals surface area contributed by atoms with E-state index >= 15 is 0 Å². The van der Waals surface area contributed by atoms with E-state index in [1.54, 1.807) is 11.3 Å². The van der Waals surface area contributed by atoms with Gasteiger partial charge in [0.05, 0.1) is 31.9 Å². The van der Waals surface area contributed by atoms with Crippen molar-refractivity contribution in [3.63, 3.8) is 0 Å². The molecule has 1 aliphatic rings. The predicted octanol–water partition coefficient (Wildman–Crippen LogP) is 1.20. The second-order valence-corrected chi connectivity index (χ2v) is 5.93. The molecule has 1 fully saturated rings. The number of thiophene rings is 1. The van der Waals surface area contributed by atoms with Crippen molar-refractivity contribution in [1.29, 1.82) is 0 Å². The van der Waals surface area contributed by atoms with Gasteiger partial charge in [0.25, 0.3) is 0 Å². The highest BCUT2D eigenvalue weighted by molar-refractivity contribution is 9.10. The van der Waals surface area contributed by atoms with Gasteiger partial charge in [0.2, 0.25) is 0 Å². The Morgan fingerprint density at radius 2 is 2.53 bits per heavy atom. The molecule has 0 spiro atoms. The van der Waals surface area contributed by atoms with Gasteiger partial charge in [-0.15, -0.1) is 11.3 Å². The van der Waals surface area contributed by atoms with E-state index in [2.05, 4.69) is 32.3 Å². The number of nitrogens with zero attached hydrogens (tertiary/aromatic N) is 1. The van der Waals surface area contributed by atoms with Crippen LogP contribution in [0.1, 0.15) is 10.9 Å². The number of morpholine rings is 1. The lowest BCUT2D eigenvalue weighted by atomic mass is 10.1. The zero-order chi connectivity index (χ0) is 12.3. The smallest absolute Gasteiger partial charge is 0.0645 e. The molecule has 0 saturated carbocycles. The van der Waals surface area contributed by atoms with E-state index in [1.165, 1.54) is 4.88 Å². The van der Waals surface area contributed by atoms with Gasteiger partial charge in [-0.3, -0.25) is 4.90 Å². The quantitative estimate of drug-likeness (QED) is 0.875. The SMILES string of the molecule is NCC(c1cc(Br)cs1)N1CCOCC1CO. The molecule has 2 atom stereocenters. The lowest BCUT2D eigenvalue weighted by Gasteiger charge is -2.39. The van der Waals surface area contributed by atoms with Gasteiger partial charge < -0.3 is 15.6 Å². The minimum Gasteiger partial charge on any atom is -0.395 e. The molecule has 6 heteroatoms. The van der Waals surface area contributed by atoms with E-state index in [0.29, 0.717) is 19.8 Å². The number of aliphatic hydroxyl groups is 1. The zero-order valence-electron chi connectivity index (χ0n) is 9.51. The fraction of sp³-hybridized carbons (Fsp3) is 0.636. The highest BCUT2D eigenvalue weighted by atomic mass is 79.9. The Bertz CT molecular complexity index is 361. The van der Waals surface area contributed by atoms with E-state index in [9.17, 15) is 5.11 Å². The van der Waals surface area contributed by atoms with Gasteiger partial charge in [-0.1, -0.05) is 0 Å².